The lowest BCUT2D eigenvalue weighted by molar-refractivity contribution is -0.136. The summed E-state index contributed by atoms with van der Waals surface area (Å²) in [6.45, 7) is 3.34. The number of nitrogens with one attached hydrogen (secondary N) is 2. The lowest BCUT2D eigenvalue weighted by Gasteiger charge is -2.50. The van der Waals surface area contributed by atoms with Crippen molar-refractivity contribution < 1.29 is 19.5 Å². The van der Waals surface area contributed by atoms with Gasteiger partial charge in [-0.2, -0.15) is 0 Å². The topological polar surface area (TPSA) is 102 Å². The number of β-amino-alcohol motifs (C(OH)–C–C–N with tert-alkyl or cyclic N) is 1. The number of likely N-dealkylation sites (tertiary alicyclic amines) is 1. The maximum Gasteiger partial charge on any atom is 0.255 e. The molecule has 3 saturated heterocycles. The van der Waals surface area contributed by atoms with Crippen LogP contribution in [0.2, 0.25) is 0 Å². The van der Waals surface area contributed by atoms with Gasteiger partial charge in [0.05, 0.1) is 0 Å². The van der Waals surface area contributed by atoms with Gasteiger partial charge in [0.1, 0.15) is 11.6 Å². The molecular weight excluding hydrogens is 372 g/mol. The number of nitrogens with zero attached hydrogens (tertiary/aromatic N) is 2. The van der Waals surface area contributed by atoms with Crippen molar-refractivity contribution in [2.45, 2.75) is 56.5 Å². The van der Waals surface area contributed by atoms with Crippen molar-refractivity contribution in [3.63, 3.8) is 0 Å². The van der Waals surface area contributed by atoms with Crippen LogP contribution in [0.4, 0.5) is 0 Å². The molecule has 4 heterocycles. The van der Waals surface area contributed by atoms with Crippen molar-refractivity contribution in [1.29, 1.82) is 0 Å². The Balaban J connectivity index is 1.24. The van der Waals surface area contributed by atoms with Gasteiger partial charge >= 0.3 is 0 Å². The van der Waals surface area contributed by atoms with Gasteiger partial charge in [-0.3, -0.25) is 24.6 Å². The van der Waals surface area contributed by atoms with Gasteiger partial charge in [-0.15, -0.1) is 0 Å². The summed E-state index contributed by atoms with van der Waals surface area (Å²) in [5, 5.41) is 16.5. The summed E-state index contributed by atoms with van der Waals surface area (Å²) < 4.78 is 0. The number of benzene rings is 1. The van der Waals surface area contributed by atoms with Crippen molar-refractivity contribution in [2.24, 2.45) is 0 Å². The number of rotatable bonds is 4. The fourth-order valence-electron chi connectivity index (χ4n) is 5.16. The van der Waals surface area contributed by atoms with E-state index in [1.807, 2.05) is 18.2 Å². The van der Waals surface area contributed by atoms with Crippen LogP contribution in [0.1, 0.15) is 47.2 Å². The van der Waals surface area contributed by atoms with Crippen LogP contribution in [0.25, 0.3) is 0 Å². The number of imide groups is 1. The zero-order valence-electron chi connectivity index (χ0n) is 16.3. The maximum atomic E-state index is 12.9. The van der Waals surface area contributed by atoms with E-state index in [4.69, 9.17) is 0 Å². The summed E-state index contributed by atoms with van der Waals surface area (Å²) in [4.78, 5) is 40.2. The second-order valence-corrected chi connectivity index (χ2v) is 8.79. The fourth-order valence-corrected chi connectivity index (χ4v) is 5.16. The number of amides is 3. The molecule has 1 aromatic carbocycles. The summed E-state index contributed by atoms with van der Waals surface area (Å²) in [5.41, 5.74) is 1.94. The zero-order chi connectivity index (χ0) is 20.2. The molecule has 1 aromatic rings. The van der Waals surface area contributed by atoms with Crippen LogP contribution < -0.4 is 10.6 Å². The molecule has 2 atom stereocenters. The first kappa shape index (κ1) is 18.7. The van der Waals surface area contributed by atoms with E-state index in [-0.39, 0.29) is 30.2 Å². The summed E-state index contributed by atoms with van der Waals surface area (Å²) in [7, 11) is 0. The molecule has 29 heavy (non-hydrogen) atoms. The second kappa shape index (κ2) is 6.90. The highest BCUT2D eigenvalue weighted by Crippen LogP contribution is 2.32. The molecule has 0 bridgehead atoms. The van der Waals surface area contributed by atoms with Gasteiger partial charge in [0.2, 0.25) is 11.8 Å². The van der Waals surface area contributed by atoms with Gasteiger partial charge in [0.25, 0.3) is 5.91 Å². The van der Waals surface area contributed by atoms with E-state index in [2.05, 4.69) is 15.5 Å². The van der Waals surface area contributed by atoms with Crippen molar-refractivity contribution >= 4 is 17.7 Å². The highest BCUT2D eigenvalue weighted by molar-refractivity contribution is 6.05. The lowest BCUT2D eigenvalue weighted by Crippen LogP contribution is -2.68. The van der Waals surface area contributed by atoms with E-state index < -0.39 is 11.6 Å². The van der Waals surface area contributed by atoms with Crippen LogP contribution in [0, 0.1) is 0 Å². The average molecular weight is 398 g/mol. The Kier molecular flexibility index (Phi) is 4.45. The Hall–Kier alpha value is -2.29. The molecule has 4 aliphatic rings. The average Bonchev–Trinajstić information content (AvgIpc) is 3.30. The predicted octanol–water partition coefficient (Wildman–Crippen LogP) is -0.254. The molecule has 0 radical (unpaired) electrons. The number of fused-ring (bicyclic) bond motifs is 1. The van der Waals surface area contributed by atoms with E-state index in [0.717, 1.165) is 30.5 Å². The lowest BCUT2D eigenvalue weighted by atomic mass is 9.84. The normalized spacial score (nSPS) is 29.0. The third-order valence-corrected chi connectivity index (χ3v) is 6.70. The second-order valence-electron chi connectivity index (χ2n) is 8.79. The molecule has 8 heteroatoms. The van der Waals surface area contributed by atoms with Gasteiger partial charge in [-0.25, -0.2) is 0 Å². The molecule has 8 nitrogen and oxygen atoms in total. The fraction of sp³-hybridized carbons (Fsp3) is 0.571. The minimum atomic E-state index is -0.647. The predicted molar refractivity (Wildman–Crippen MR) is 104 cm³/mol. The van der Waals surface area contributed by atoms with Gasteiger partial charge in [-0.1, -0.05) is 12.1 Å². The molecule has 3 amide bonds. The van der Waals surface area contributed by atoms with Crippen molar-refractivity contribution in [2.75, 3.05) is 19.6 Å². The first-order valence-corrected chi connectivity index (χ1v) is 10.4. The quantitative estimate of drug-likeness (QED) is 0.605. The highest BCUT2D eigenvalue weighted by atomic mass is 16.3. The molecular formula is C21H26N4O4. The first-order chi connectivity index (χ1) is 13.9. The molecule has 2 unspecified atom stereocenters. The maximum absolute atomic E-state index is 12.9. The monoisotopic (exact) mass is 398 g/mol. The van der Waals surface area contributed by atoms with Gasteiger partial charge < -0.3 is 15.3 Å². The van der Waals surface area contributed by atoms with E-state index >= 15 is 0 Å². The van der Waals surface area contributed by atoms with Crippen LogP contribution in [0.15, 0.2) is 18.2 Å². The van der Waals surface area contributed by atoms with Gasteiger partial charge in [0.15, 0.2) is 0 Å². The molecule has 0 aliphatic carbocycles. The number of hydrogen-bond donors (Lipinski definition) is 3. The molecule has 3 fully saturated rings. The number of carbonyl (C=O) groups excluding carboxylic acids is 3. The molecule has 154 valence electrons. The smallest absolute Gasteiger partial charge is 0.255 e. The number of aliphatic hydroxyl groups is 1. The SMILES string of the molecule is O=C1CCC(N2Cc3ccc(CN4CC(O)(C5CCCN5)C4)cc3C2=O)C(=O)N1. The minimum Gasteiger partial charge on any atom is -0.386 e. The van der Waals surface area contributed by atoms with Crippen LogP contribution in [-0.2, 0) is 22.7 Å². The largest absolute Gasteiger partial charge is 0.386 e. The van der Waals surface area contributed by atoms with Crippen LogP contribution >= 0.6 is 0 Å². The molecule has 0 saturated carbocycles. The van der Waals surface area contributed by atoms with Crippen molar-refractivity contribution in [3.05, 3.63) is 34.9 Å². The molecule has 4 aliphatic heterocycles. The van der Waals surface area contributed by atoms with E-state index in [1.165, 1.54) is 0 Å². The van der Waals surface area contributed by atoms with Gasteiger partial charge in [0, 0.05) is 44.2 Å². The Morgan fingerprint density at radius 3 is 2.72 bits per heavy atom. The minimum absolute atomic E-state index is 0.147. The molecule has 3 N–H and O–H groups in total. The molecule has 0 spiro atoms. The molecule has 0 aromatic heterocycles. The van der Waals surface area contributed by atoms with Crippen LogP contribution in [0.5, 0.6) is 0 Å². The number of carbonyl (C=O) groups is 3. The number of piperidine rings is 1. The Bertz CT molecular complexity index is 873. The Morgan fingerprint density at radius 2 is 2.00 bits per heavy atom. The van der Waals surface area contributed by atoms with Crippen LogP contribution in [-0.4, -0.2) is 69.9 Å². The standard InChI is InChI=1S/C21H26N4O4/c26-18-6-5-16(19(27)23-18)25-10-14-4-3-13(8-15(14)20(25)28)9-24-11-21(29,12-24)17-2-1-7-22-17/h3-4,8,16-17,22,29H,1-2,5-7,9-12H2,(H,23,26,27). The summed E-state index contributed by atoms with van der Waals surface area (Å²) in [6, 6.07) is 5.49. The Labute approximate surface area is 169 Å². The summed E-state index contributed by atoms with van der Waals surface area (Å²) in [6.07, 6.45) is 2.77. The first-order valence-electron chi connectivity index (χ1n) is 10.4. The third kappa shape index (κ3) is 3.25. The number of hydrogen-bond acceptors (Lipinski definition) is 6. The molecule has 5 rings (SSSR count). The van der Waals surface area contributed by atoms with Crippen LogP contribution in [0.3, 0.4) is 0 Å². The Morgan fingerprint density at radius 1 is 1.17 bits per heavy atom. The van der Waals surface area contributed by atoms with E-state index in [1.54, 1.807) is 4.90 Å². The highest BCUT2D eigenvalue weighted by Gasteiger charge is 2.48. The summed E-state index contributed by atoms with van der Waals surface area (Å²) in [5.74, 6) is -0.811. The van der Waals surface area contributed by atoms with Gasteiger partial charge in [-0.05, 0) is 43.0 Å². The zero-order valence-corrected chi connectivity index (χ0v) is 16.3. The van der Waals surface area contributed by atoms with Crippen molar-refractivity contribution in [3.8, 4) is 0 Å². The van der Waals surface area contributed by atoms with E-state index in [9.17, 15) is 19.5 Å². The van der Waals surface area contributed by atoms with Crippen molar-refractivity contribution in [1.82, 2.24) is 20.4 Å². The van der Waals surface area contributed by atoms with E-state index in [0.29, 0.717) is 38.2 Å². The third-order valence-electron chi connectivity index (χ3n) is 6.70. The summed E-state index contributed by atoms with van der Waals surface area (Å²) >= 11 is 0.